The number of amides is 1. The van der Waals surface area contributed by atoms with E-state index in [0.717, 1.165) is 22.9 Å². The standard InChI is InChI=1S/C29H29N3O2/c33-28(23-11-5-2-6-12-23)21-32-18-17-31(16-15-22-9-3-1-4-10-22)29(34)27(32)19-24-20-30-26-14-8-7-13-25(24)26/h1-14,20,27,30H,15-19,21H2/t27-/m1/s1. The van der Waals surface area contributed by atoms with Gasteiger partial charge in [-0.2, -0.15) is 0 Å². The van der Waals surface area contributed by atoms with Gasteiger partial charge in [-0.05, 0) is 30.0 Å². The molecule has 0 radical (unpaired) electrons. The summed E-state index contributed by atoms with van der Waals surface area (Å²) >= 11 is 0. The number of piperazine rings is 1. The first kappa shape index (κ1) is 22.1. The number of carbonyl (C=O) groups is 2. The van der Waals surface area contributed by atoms with Crippen LogP contribution in [0.5, 0.6) is 0 Å². The molecule has 4 aromatic rings. The molecule has 0 spiro atoms. The highest BCUT2D eigenvalue weighted by atomic mass is 16.2. The van der Waals surface area contributed by atoms with Crippen LogP contribution in [0.25, 0.3) is 10.9 Å². The molecule has 1 aromatic heterocycles. The molecular formula is C29H29N3O2. The third-order valence-electron chi connectivity index (χ3n) is 6.74. The number of nitrogens with zero attached hydrogens (tertiary/aromatic N) is 2. The van der Waals surface area contributed by atoms with E-state index in [1.807, 2.05) is 77.8 Å². The summed E-state index contributed by atoms with van der Waals surface area (Å²) in [6.07, 6.45) is 3.40. The highest BCUT2D eigenvalue weighted by Gasteiger charge is 2.36. The van der Waals surface area contributed by atoms with Gasteiger partial charge in [-0.1, -0.05) is 78.9 Å². The highest BCUT2D eigenvalue weighted by molar-refractivity contribution is 5.98. The molecule has 1 saturated heterocycles. The van der Waals surface area contributed by atoms with Crippen LogP contribution in [0.1, 0.15) is 21.5 Å². The number of fused-ring (bicyclic) bond motifs is 1. The zero-order valence-corrected chi connectivity index (χ0v) is 19.2. The van der Waals surface area contributed by atoms with Gasteiger partial charge in [0.1, 0.15) is 0 Å². The Morgan fingerprint density at radius 3 is 2.38 bits per heavy atom. The first-order valence-electron chi connectivity index (χ1n) is 11.9. The molecule has 1 fully saturated rings. The third-order valence-corrected chi connectivity index (χ3v) is 6.74. The summed E-state index contributed by atoms with van der Waals surface area (Å²) in [6, 6.07) is 27.4. The Kier molecular flexibility index (Phi) is 6.54. The van der Waals surface area contributed by atoms with Crippen molar-refractivity contribution < 1.29 is 9.59 Å². The third kappa shape index (κ3) is 4.80. The van der Waals surface area contributed by atoms with E-state index in [1.165, 1.54) is 5.56 Å². The fraction of sp³-hybridized carbons (Fsp3) is 0.241. The first-order chi connectivity index (χ1) is 16.7. The fourth-order valence-electron chi connectivity index (χ4n) is 4.83. The molecule has 0 saturated carbocycles. The van der Waals surface area contributed by atoms with E-state index in [4.69, 9.17) is 0 Å². The van der Waals surface area contributed by atoms with E-state index < -0.39 is 0 Å². The fourth-order valence-corrected chi connectivity index (χ4v) is 4.83. The van der Waals surface area contributed by atoms with Gasteiger partial charge in [0, 0.05) is 42.3 Å². The summed E-state index contributed by atoms with van der Waals surface area (Å²) in [5, 5.41) is 1.13. The van der Waals surface area contributed by atoms with Gasteiger partial charge >= 0.3 is 0 Å². The average molecular weight is 452 g/mol. The number of benzene rings is 3. The number of Topliss-reactive ketones (excluding diaryl/α,β-unsaturated/α-hetero) is 1. The van der Waals surface area contributed by atoms with Crippen molar-refractivity contribution >= 4 is 22.6 Å². The lowest BCUT2D eigenvalue weighted by molar-refractivity contribution is -0.141. The Morgan fingerprint density at radius 1 is 0.882 bits per heavy atom. The molecule has 1 aliphatic rings. The molecule has 5 rings (SSSR count). The zero-order chi connectivity index (χ0) is 23.3. The molecule has 0 aliphatic carbocycles. The Bertz CT molecular complexity index is 1270. The van der Waals surface area contributed by atoms with Crippen LogP contribution >= 0.6 is 0 Å². The predicted octanol–water partition coefficient (Wildman–Crippen LogP) is 4.35. The maximum Gasteiger partial charge on any atom is 0.240 e. The van der Waals surface area contributed by atoms with Crippen molar-refractivity contribution in [3.05, 3.63) is 108 Å². The van der Waals surface area contributed by atoms with Crippen LogP contribution in [0, 0.1) is 0 Å². The lowest BCUT2D eigenvalue weighted by atomic mass is 9.99. The number of rotatable bonds is 8. The van der Waals surface area contributed by atoms with E-state index >= 15 is 0 Å². The van der Waals surface area contributed by atoms with Gasteiger partial charge < -0.3 is 9.88 Å². The lowest BCUT2D eigenvalue weighted by Crippen LogP contribution is -2.59. The zero-order valence-electron chi connectivity index (χ0n) is 19.2. The minimum absolute atomic E-state index is 0.0510. The first-order valence-corrected chi connectivity index (χ1v) is 11.9. The topological polar surface area (TPSA) is 56.4 Å². The lowest BCUT2D eigenvalue weighted by Gasteiger charge is -2.40. The largest absolute Gasteiger partial charge is 0.361 e. The van der Waals surface area contributed by atoms with E-state index in [1.54, 1.807) is 0 Å². The SMILES string of the molecule is O=C(CN1CCN(CCc2ccccc2)C(=O)[C@H]1Cc1c[nH]c2ccccc12)c1ccccc1. The second kappa shape index (κ2) is 10.1. The van der Waals surface area contributed by atoms with Crippen LogP contribution in [0.4, 0.5) is 0 Å². The summed E-state index contributed by atoms with van der Waals surface area (Å²) in [5.74, 6) is 0.156. The number of H-pyrrole nitrogens is 1. The summed E-state index contributed by atoms with van der Waals surface area (Å²) in [5.41, 5.74) is 4.09. The quantitative estimate of drug-likeness (QED) is 0.405. The van der Waals surface area contributed by atoms with Crippen LogP contribution < -0.4 is 0 Å². The molecule has 1 N–H and O–H groups in total. The molecule has 0 unspecified atom stereocenters. The molecule has 1 aliphatic heterocycles. The van der Waals surface area contributed by atoms with Crippen LogP contribution in [-0.4, -0.2) is 58.7 Å². The smallest absolute Gasteiger partial charge is 0.240 e. The van der Waals surface area contributed by atoms with Crippen LogP contribution in [0.2, 0.25) is 0 Å². The maximum absolute atomic E-state index is 13.7. The van der Waals surface area contributed by atoms with Gasteiger partial charge in [-0.15, -0.1) is 0 Å². The minimum Gasteiger partial charge on any atom is -0.361 e. The van der Waals surface area contributed by atoms with Gasteiger partial charge in [0.25, 0.3) is 0 Å². The summed E-state index contributed by atoms with van der Waals surface area (Å²) in [6.45, 7) is 2.26. The van der Waals surface area contributed by atoms with E-state index in [9.17, 15) is 9.59 Å². The van der Waals surface area contributed by atoms with Crippen LogP contribution in [-0.2, 0) is 17.6 Å². The summed E-state index contributed by atoms with van der Waals surface area (Å²) in [4.78, 5) is 34.1. The predicted molar refractivity (Wildman–Crippen MR) is 135 cm³/mol. The van der Waals surface area contributed by atoms with Crippen molar-refractivity contribution in [3.63, 3.8) is 0 Å². The second-order valence-electron chi connectivity index (χ2n) is 8.90. The summed E-state index contributed by atoms with van der Waals surface area (Å²) < 4.78 is 0. The van der Waals surface area contributed by atoms with Crippen LogP contribution in [0.3, 0.4) is 0 Å². The van der Waals surface area contributed by atoms with Crippen molar-refractivity contribution in [2.24, 2.45) is 0 Å². The molecule has 0 bridgehead atoms. The Morgan fingerprint density at radius 2 is 1.59 bits per heavy atom. The molecule has 2 heterocycles. The van der Waals surface area contributed by atoms with Gasteiger partial charge in [0.15, 0.2) is 5.78 Å². The monoisotopic (exact) mass is 451 g/mol. The number of ketones is 1. The Balaban J connectivity index is 1.37. The van der Waals surface area contributed by atoms with Gasteiger partial charge in [0.2, 0.25) is 5.91 Å². The van der Waals surface area contributed by atoms with Crippen molar-refractivity contribution in [1.82, 2.24) is 14.8 Å². The highest BCUT2D eigenvalue weighted by Crippen LogP contribution is 2.23. The van der Waals surface area contributed by atoms with Crippen molar-refractivity contribution in [2.75, 3.05) is 26.2 Å². The maximum atomic E-state index is 13.7. The normalized spacial score (nSPS) is 16.8. The molecule has 172 valence electrons. The minimum atomic E-state index is -0.364. The van der Waals surface area contributed by atoms with E-state index in [0.29, 0.717) is 31.6 Å². The van der Waals surface area contributed by atoms with Gasteiger partial charge in [-0.25, -0.2) is 0 Å². The number of hydrogen-bond acceptors (Lipinski definition) is 3. The molecular weight excluding hydrogens is 422 g/mol. The van der Waals surface area contributed by atoms with Crippen molar-refractivity contribution in [1.29, 1.82) is 0 Å². The summed E-state index contributed by atoms with van der Waals surface area (Å²) in [7, 11) is 0. The number of nitrogens with one attached hydrogen (secondary N) is 1. The van der Waals surface area contributed by atoms with E-state index in [-0.39, 0.29) is 24.3 Å². The Hall–Kier alpha value is -3.70. The number of aromatic amines is 1. The Labute approximate surface area is 200 Å². The molecule has 3 aromatic carbocycles. The van der Waals surface area contributed by atoms with Crippen molar-refractivity contribution in [2.45, 2.75) is 18.9 Å². The number of hydrogen-bond donors (Lipinski definition) is 1. The molecule has 34 heavy (non-hydrogen) atoms. The van der Waals surface area contributed by atoms with Crippen molar-refractivity contribution in [3.8, 4) is 0 Å². The van der Waals surface area contributed by atoms with Gasteiger partial charge in [-0.3, -0.25) is 14.5 Å². The number of para-hydroxylation sites is 1. The molecule has 5 heteroatoms. The van der Waals surface area contributed by atoms with Crippen LogP contribution in [0.15, 0.2) is 91.1 Å². The molecule has 5 nitrogen and oxygen atoms in total. The number of carbonyl (C=O) groups excluding carboxylic acids is 2. The average Bonchev–Trinajstić information content (AvgIpc) is 3.29. The molecule has 1 amide bonds. The van der Waals surface area contributed by atoms with Gasteiger partial charge in [0.05, 0.1) is 12.6 Å². The van der Waals surface area contributed by atoms with E-state index in [2.05, 4.69) is 28.1 Å². The number of aromatic nitrogens is 1. The second-order valence-corrected chi connectivity index (χ2v) is 8.90. The molecule has 1 atom stereocenters.